The van der Waals surface area contributed by atoms with Crippen molar-refractivity contribution in [3.63, 3.8) is 0 Å². The number of thioether (sulfide) groups is 1. The second kappa shape index (κ2) is 10.5. The Balaban J connectivity index is 0.00000280. The quantitative estimate of drug-likeness (QED) is 0.459. The van der Waals surface area contributed by atoms with Gasteiger partial charge in [-0.15, -0.1) is 11.8 Å². The van der Waals surface area contributed by atoms with E-state index in [0.717, 1.165) is 16.3 Å². The first-order valence-corrected chi connectivity index (χ1v) is 9.66. The SMILES string of the molecule is CSc1ccc(NC(=O)C[n+]2cccc(C(=O)Nc3ccccc3)c2)cc1.[Cl-]. The molecular weight excluding hydrogens is 394 g/mol. The Hall–Kier alpha value is -2.83. The zero-order valence-electron chi connectivity index (χ0n) is 15.3. The third-order valence-corrected chi connectivity index (χ3v) is 4.60. The molecule has 0 atom stereocenters. The molecule has 0 fully saturated rings. The normalized spacial score (nSPS) is 9.89. The number of pyridine rings is 1. The zero-order valence-corrected chi connectivity index (χ0v) is 16.8. The van der Waals surface area contributed by atoms with Crippen LogP contribution in [0.4, 0.5) is 11.4 Å². The lowest BCUT2D eigenvalue weighted by molar-refractivity contribution is -0.684. The van der Waals surface area contributed by atoms with Gasteiger partial charge in [0.05, 0.1) is 0 Å². The third-order valence-electron chi connectivity index (χ3n) is 3.85. The molecule has 144 valence electrons. The van der Waals surface area contributed by atoms with Crippen molar-refractivity contribution < 1.29 is 26.6 Å². The fraction of sp³-hybridized carbons (Fsp3) is 0.0952. The summed E-state index contributed by atoms with van der Waals surface area (Å²) in [6.07, 6.45) is 5.43. The van der Waals surface area contributed by atoms with Gasteiger partial charge in [0, 0.05) is 22.3 Å². The fourth-order valence-corrected chi connectivity index (χ4v) is 2.93. The number of nitrogens with one attached hydrogen (secondary N) is 2. The highest BCUT2D eigenvalue weighted by Crippen LogP contribution is 2.17. The van der Waals surface area contributed by atoms with Crippen molar-refractivity contribution in [2.75, 3.05) is 16.9 Å². The number of para-hydroxylation sites is 1. The van der Waals surface area contributed by atoms with Crippen LogP contribution in [-0.2, 0) is 11.3 Å². The molecule has 2 N–H and O–H groups in total. The Kier molecular flexibility index (Phi) is 8.04. The van der Waals surface area contributed by atoms with Crippen LogP contribution >= 0.6 is 11.8 Å². The van der Waals surface area contributed by atoms with Gasteiger partial charge in [-0.25, -0.2) is 0 Å². The summed E-state index contributed by atoms with van der Waals surface area (Å²) in [5.41, 5.74) is 1.96. The molecule has 5 nitrogen and oxygen atoms in total. The second-order valence-electron chi connectivity index (χ2n) is 5.86. The van der Waals surface area contributed by atoms with Gasteiger partial charge in [0.1, 0.15) is 5.56 Å². The van der Waals surface area contributed by atoms with E-state index in [4.69, 9.17) is 0 Å². The maximum absolute atomic E-state index is 12.4. The molecule has 2 amide bonds. The maximum atomic E-state index is 12.4. The van der Waals surface area contributed by atoms with Crippen molar-refractivity contribution >= 4 is 35.0 Å². The van der Waals surface area contributed by atoms with Crippen LogP contribution in [-0.4, -0.2) is 18.1 Å². The van der Waals surface area contributed by atoms with E-state index in [0.29, 0.717) is 5.56 Å². The minimum Gasteiger partial charge on any atom is -1.00 e. The number of hydrogen-bond acceptors (Lipinski definition) is 3. The Labute approximate surface area is 174 Å². The highest BCUT2D eigenvalue weighted by Gasteiger charge is 2.14. The molecule has 28 heavy (non-hydrogen) atoms. The Bertz CT molecular complexity index is 934. The third kappa shape index (κ3) is 6.11. The minimum absolute atomic E-state index is 0. The molecule has 0 radical (unpaired) electrons. The van der Waals surface area contributed by atoms with Crippen LogP contribution < -0.4 is 27.6 Å². The predicted octanol–water partition coefficient (Wildman–Crippen LogP) is 0.591. The van der Waals surface area contributed by atoms with Crippen LogP contribution in [0, 0.1) is 0 Å². The van der Waals surface area contributed by atoms with Crippen molar-refractivity contribution in [3.8, 4) is 0 Å². The lowest BCUT2D eigenvalue weighted by Crippen LogP contribution is -3.00. The van der Waals surface area contributed by atoms with Crippen molar-refractivity contribution in [1.82, 2.24) is 0 Å². The number of anilines is 2. The van der Waals surface area contributed by atoms with Crippen molar-refractivity contribution in [3.05, 3.63) is 84.7 Å². The van der Waals surface area contributed by atoms with Crippen molar-refractivity contribution in [1.29, 1.82) is 0 Å². The zero-order chi connectivity index (χ0) is 19.1. The summed E-state index contributed by atoms with van der Waals surface area (Å²) in [4.78, 5) is 25.8. The van der Waals surface area contributed by atoms with E-state index in [1.165, 1.54) is 0 Å². The van der Waals surface area contributed by atoms with Crippen LogP contribution in [0.15, 0.2) is 84.0 Å². The molecule has 1 heterocycles. The Morgan fingerprint density at radius 3 is 2.25 bits per heavy atom. The van der Waals surface area contributed by atoms with Crippen LogP contribution in [0.2, 0.25) is 0 Å². The van der Waals surface area contributed by atoms with E-state index in [1.807, 2.05) is 60.9 Å². The molecule has 0 spiro atoms. The largest absolute Gasteiger partial charge is 1.00 e. The average Bonchev–Trinajstić information content (AvgIpc) is 2.69. The highest BCUT2D eigenvalue weighted by molar-refractivity contribution is 7.98. The molecule has 0 aliphatic heterocycles. The van der Waals surface area contributed by atoms with Gasteiger partial charge < -0.3 is 23.0 Å². The van der Waals surface area contributed by atoms with Gasteiger partial charge in [0.2, 0.25) is 6.54 Å². The highest BCUT2D eigenvalue weighted by atomic mass is 35.5. The first-order chi connectivity index (χ1) is 13.1. The van der Waals surface area contributed by atoms with Gasteiger partial charge in [-0.3, -0.25) is 9.59 Å². The molecule has 0 bridgehead atoms. The smallest absolute Gasteiger partial charge is 0.290 e. The van der Waals surface area contributed by atoms with Gasteiger partial charge in [-0.1, -0.05) is 18.2 Å². The lowest BCUT2D eigenvalue weighted by atomic mass is 10.2. The number of aromatic nitrogens is 1. The molecule has 0 aliphatic rings. The van der Waals surface area contributed by atoms with Gasteiger partial charge in [0.15, 0.2) is 12.4 Å². The second-order valence-corrected chi connectivity index (χ2v) is 6.74. The molecule has 0 saturated carbocycles. The monoisotopic (exact) mass is 413 g/mol. The number of halogens is 1. The number of hydrogen-bond donors (Lipinski definition) is 2. The maximum Gasteiger partial charge on any atom is 0.290 e. The lowest BCUT2D eigenvalue weighted by Gasteiger charge is -2.06. The summed E-state index contributed by atoms with van der Waals surface area (Å²) < 4.78 is 1.69. The Morgan fingerprint density at radius 2 is 1.57 bits per heavy atom. The molecule has 3 aromatic rings. The summed E-state index contributed by atoms with van der Waals surface area (Å²) in [6, 6.07) is 20.4. The minimum atomic E-state index is -0.219. The van der Waals surface area contributed by atoms with E-state index in [2.05, 4.69) is 10.6 Å². The van der Waals surface area contributed by atoms with E-state index >= 15 is 0 Å². The van der Waals surface area contributed by atoms with Crippen LogP contribution in [0.5, 0.6) is 0 Å². The van der Waals surface area contributed by atoms with Crippen molar-refractivity contribution in [2.45, 2.75) is 11.4 Å². The standard InChI is InChI=1S/C21H19N3O2S.ClH/c1-27-19-11-9-18(10-12-19)22-20(25)15-24-13-5-6-16(14-24)21(26)23-17-7-3-2-4-8-17;/h2-14H,15H2,1H3,(H-,22,23,25,26);1H. The molecule has 0 saturated heterocycles. The van der Waals surface area contributed by atoms with E-state index in [-0.39, 0.29) is 30.8 Å². The first kappa shape index (κ1) is 21.5. The topological polar surface area (TPSA) is 62.1 Å². The first-order valence-electron chi connectivity index (χ1n) is 8.43. The van der Waals surface area contributed by atoms with E-state index < -0.39 is 0 Å². The number of amides is 2. The fourth-order valence-electron chi connectivity index (χ4n) is 2.52. The molecule has 0 aliphatic carbocycles. The molecule has 1 aromatic heterocycles. The van der Waals surface area contributed by atoms with E-state index in [9.17, 15) is 9.59 Å². The van der Waals surface area contributed by atoms with Gasteiger partial charge in [-0.2, -0.15) is 4.57 Å². The molecule has 7 heteroatoms. The summed E-state index contributed by atoms with van der Waals surface area (Å²) in [6.45, 7) is 0.122. The Morgan fingerprint density at radius 1 is 0.893 bits per heavy atom. The molecular formula is C21H20ClN3O2S. The number of carbonyl (C=O) groups excluding carboxylic acids is 2. The van der Waals surface area contributed by atoms with Crippen LogP contribution in [0.25, 0.3) is 0 Å². The number of benzene rings is 2. The van der Waals surface area contributed by atoms with Gasteiger partial charge in [-0.05, 0) is 48.7 Å². The summed E-state index contributed by atoms with van der Waals surface area (Å²) in [7, 11) is 0. The molecule has 3 rings (SSSR count). The van der Waals surface area contributed by atoms with E-state index in [1.54, 1.807) is 40.9 Å². The predicted molar refractivity (Wildman–Crippen MR) is 108 cm³/mol. The number of rotatable bonds is 6. The van der Waals surface area contributed by atoms with Crippen LogP contribution in [0.3, 0.4) is 0 Å². The van der Waals surface area contributed by atoms with Crippen molar-refractivity contribution in [2.24, 2.45) is 0 Å². The number of nitrogens with zero attached hydrogens (tertiary/aromatic N) is 1. The molecule has 2 aromatic carbocycles. The summed E-state index contributed by atoms with van der Waals surface area (Å²) >= 11 is 1.65. The summed E-state index contributed by atoms with van der Waals surface area (Å²) in [5, 5.41) is 5.70. The average molecular weight is 414 g/mol. The van der Waals surface area contributed by atoms with Crippen LogP contribution in [0.1, 0.15) is 10.4 Å². The number of carbonyl (C=O) groups is 2. The van der Waals surface area contributed by atoms with Gasteiger partial charge in [0.25, 0.3) is 11.8 Å². The summed E-state index contributed by atoms with van der Waals surface area (Å²) in [5.74, 6) is -0.374. The van der Waals surface area contributed by atoms with Gasteiger partial charge >= 0.3 is 0 Å². The molecule has 0 unspecified atom stereocenters.